The van der Waals surface area contributed by atoms with E-state index in [-0.39, 0.29) is 5.54 Å². The molecule has 0 radical (unpaired) electrons. The summed E-state index contributed by atoms with van der Waals surface area (Å²) in [4.78, 5) is 0. The van der Waals surface area contributed by atoms with Gasteiger partial charge in [-0.15, -0.1) is 0 Å². The Labute approximate surface area is 128 Å². The lowest BCUT2D eigenvalue weighted by Gasteiger charge is -2.39. The van der Waals surface area contributed by atoms with Crippen LogP contribution in [0.25, 0.3) is 0 Å². The zero-order valence-corrected chi connectivity index (χ0v) is 15.3. The van der Waals surface area contributed by atoms with Crippen LogP contribution in [-0.4, -0.2) is 18.6 Å². The fourth-order valence-corrected chi connectivity index (χ4v) is 3.61. The van der Waals surface area contributed by atoms with Gasteiger partial charge in [0.25, 0.3) is 0 Å². The van der Waals surface area contributed by atoms with Crippen molar-refractivity contribution in [3.8, 4) is 0 Å². The molecular weight excluding hydrogens is 244 g/mol. The van der Waals surface area contributed by atoms with E-state index in [9.17, 15) is 0 Å². The molecule has 0 rings (SSSR count). The van der Waals surface area contributed by atoms with Gasteiger partial charge in [-0.2, -0.15) is 0 Å². The molecule has 0 aliphatic heterocycles. The summed E-state index contributed by atoms with van der Waals surface area (Å²) in [5.41, 5.74) is 6.30. The summed E-state index contributed by atoms with van der Waals surface area (Å²) in [6, 6.07) is 0. The van der Waals surface area contributed by atoms with E-state index in [0.717, 1.165) is 30.8 Å². The largest absolute Gasteiger partial charge is 0.329 e. The van der Waals surface area contributed by atoms with Gasteiger partial charge in [0.2, 0.25) is 0 Å². The molecule has 2 heteroatoms. The van der Waals surface area contributed by atoms with Gasteiger partial charge in [-0.3, -0.25) is 0 Å². The molecule has 0 aromatic heterocycles. The number of nitrogens with two attached hydrogens (primary N) is 1. The summed E-state index contributed by atoms with van der Waals surface area (Å²) < 4.78 is 0. The molecule has 2 nitrogen and oxygen atoms in total. The van der Waals surface area contributed by atoms with Crippen LogP contribution in [0.15, 0.2) is 0 Å². The summed E-state index contributed by atoms with van der Waals surface area (Å²) in [6.07, 6.45) is 2.34. The number of rotatable bonds is 10. The molecule has 3 N–H and O–H groups in total. The van der Waals surface area contributed by atoms with Crippen LogP contribution in [0.4, 0.5) is 0 Å². The summed E-state index contributed by atoms with van der Waals surface area (Å²) in [6.45, 7) is 20.4. The maximum Gasteiger partial charge on any atom is 0.0309 e. The Morgan fingerprint density at radius 2 is 1.20 bits per heavy atom. The molecule has 0 aromatic rings. The van der Waals surface area contributed by atoms with E-state index in [1.165, 1.54) is 12.8 Å². The van der Waals surface area contributed by atoms with Crippen LogP contribution >= 0.6 is 0 Å². The minimum absolute atomic E-state index is 0.115. The molecule has 0 heterocycles. The highest BCUT2D eigenvalue weighted by Gasteiger charge is 2.31. The van der Waals surface area contributed by atoms with E-state index >= 15 is 0 Å². The summed E-state index contributed by atoms with van der Waals surface area (Å²) in [7, 11) is 0. The SMILES string of the molecule is CC(C)CC(CN)(CC(C)C)NCC(C(C)C)C(C)C. The van der Waals surface area contributed by atoms with E-state index in [0.29, 0.717) is 11.8 Å². The molecule has 0 aliphatic carbocycles. The van der Waals surface area contributed by atoms with E-state index in [1.807, 2.05) is 0 Å². The molecule has 0 unspecified atom stereocenters. The highest BCUT2D eigenvalue weighted by molar-refractivity contribution is 4.92. The Morgan fingerprint density at radius 1 is 0.800 bits per heavy atom. The Morgan fingerprint density at radius 3 is 1.45 bits per heavy atom. The van der Waals surface area contributed by atoms with Gasteiger partial charge in [-0.05, 0) is 49.0 Å². The fourth-order valence-electron chi connectivity index (χ4n) is 3.61. The Bertz CT molecular complexity index is 226. The van der Waals surface area contributed by atoms with Crippen LogP contribution in [0.2, 0.25) is 0 Å². The first kappa shape index (κ1) is 19.9. The lowest BCUT2D eigenvalue weighted by Crippen LogP contribution is -2.55. The molecule has 0 saturated heterocycles. The maximum absolute atomic E-state index is 6.18. The Hall–Kier alpha value is -0.0800. The molecule has 0 amide bonds. The first-order valence-corrected chi connectivity index (χ1v) is 8.58. The van der Waals surface area contributed by atoms with Crippen molar-refractivity contribution in [1.29, 1.82) is 0 Å². The molecule has 0 aromatic carbocycles. The quantitative estimate of drug-likeness (QED) is 0.628. The number of hydrogen-bond acceptors (Lipinski definition) is 2. The van der Waals surface area contributed by atoms with Crippen molar-refractivity contribution in [2.45, 2.75) is 73.8 Å². The van der Waals surface area contributed by atoms with Crippen LogP contribution < -0.4 is 11.1 Å². The monoisotopic (exact) mass is 284 g/mol. The van der Waals surface area contributed by atoms with Gasteiger partial charge in [0.1, 0.15) is 0 Å². The van der Waals surface area contributed by atoms with E-state index in [1.54, 1.807) is 0 Å². The topological polar surface area (TPSA) is 38.0 Å². The molecule has 122 valence electrons. The third kappa shape index (κ3) is 7.08. The third-order valence-corrected chi connectivity index (χ3v) is 4.41. The van der Waals surface area contributed by atoms with Gasteiger partial charge in [0.05, 0.1) is 0 Å². The first-order chi connectivity index (χ1) is 9.13. The van der Waals surface area contributed by atoms with Crippen LogP contribution in [0.5, 0.6) is 0 Å². The Kier molecular flexibility index (Phi) is 9.01. The average Bonchev–Trinajstić information content (AvgIpc) is 2.26. The number of nitrogens with one attached hydrogen (secondary N) is 1. The van der Waals surface area contributed by atoms with Crippen LogP contribution in [0.1, 0.15) is 68.2 Å². The van der Waals surface area contributed by atoms with Gasteiger partial charge < -0.3 is 11.1 Å². The van der Waals surface area contributed by atoms with Gasteiger partial charge in [0.15, 0.2) is 0 Å². The van der Waals surface area contributed by atoms with Crippen molar-refractivity contribution in [3.63, 3.8) is 0 Å². The van der Waals surface area contributed by atoms with Crippen molar-refractivity contribution in [2.75, 3.05) is 13.1 Å². The zero-order valence-electron chi connectivity index (χ0n) is 15.3. The molecule has 0 fully saturated rings. The van der Waals surface area contributed by atoms with Crippen molar-refractivity contribution < 1.29 is 0 Å². The fraction of sp³-hybridized carbons (Fsp3) is 1.00. The van der Waals surface area contributed by atoms with Crippen LogP contribution in [0, 0.1) is 29.6 Å². The molecular formula is C18H40N2. The van der Waals surface area contributed by atoms with Crippen molar-refractivity contribution >= 4 is 0 Å². The van der Waals surface area contributed by atoms with Gasteiger partial charge in [-0.1, -0.05) is 55.4 Å². The summed E-state index contributed by atoms with van der Waals surface area (Å²) in [5, 5.41) is 3.88. The zero-order chi connectivity index (χ0) is 15.9. The lowest BCUT2D eigenvalue weighted by atomic mass is 9.79. The third-order valence-electron chi connectivity index (χ3n) is 4.41. The van der Waals surface area contributed by atoms with Gasteiger partial charge in [0, 0.05) is 12.1 Å². The normalized spacial score (nSPS) is 13.5. The minimum Gasteiger partial charge on any atom is -0.329 e. The second kappa shape index (κ2) is 9.04. The smallest absolute Gasteiger partial charge is 0.0309 e. The molecule has 0 atom stereocenters. The van der Waals surface area contributed by atoms with Crippen molar-refractivity contribution in [2.24, 2.45) is 35.3 Å². The molecule has 0 bridgehead atoms. The predicted molar refractivity (Wildman–Crippen MR) is 91.9 cm³/mol. The van der Waals surface area contributed by atoms with Crippen molar-refractivity contribution in [1.82, 2.24) is 5.32 Å². The predicted octanol–water partition coefficient (Wildman–Crippen LogP) is 4.29. The van der Waals surface area contributed by atoms with E-state index in [2.05, 4.69) is 60.7 Å². The summed E-state index contributed by atoms with van der Waals surface area (Å²) >= 11 is 0. The van der Waals surface area contributed by atoms with Crippen LogP contribution in [0.3, 0.4) is 0 Å². The lowest BCUT2D eigenvalue weighted by molar-refractivity contribution is 0.187. The molecule has 0 aliphatic rings. The maximum atomic E-state index is 6.18. The second-order valence-corrected chi connectivity index (χ2v) is 8.21. The van der Waals surface area contributed by atoms with Gasteiger partial charge >= 0.3 is 0 Å². The molecule has 20 heavy (non-hydrogen) atoms. The average molecular weight is 285 g/mol. The standard InChI is InChI=1S/C18H40N2/c1-13(2)9-18(12-19,10-14(3)4)20-11-17(15(5)6)16(7)8/h13-17,20H,9-12,19H2,1-8H3. The molecule has 0 spiro atoms. The van der Waals surface area contributed by atoms with Crippen molar-refractivity contribution in [3.05, 3.63) is 0 Å². The molecule has 0 saturated carbocycles. The second-order valence-electron chi connectivity index (χ2n) is 8.21. The summed E-state index contributed by atoms with van der Waals surface area (Å²) in [5.74, 6) is 3.52. The van der Waals surface area contributed by atoms with E-state index < -0.39 is 0 Å². The highest BCUT2D eigenvalue weighted by Crippen LogP contribution is 2.26. The highest BCUT2D eigenvalue weighted by atomic mass is 15.0. The minimum atomic E-state index is 0.115. The van der Waals surface area contributed by atoms with Gasteiger partial charge in [-0.25, -0.2) is 0 Å². The van der Waals surface area contributed by atoms with Crippen LogP contribution in [-0.2, 0) is 0 Å². The first-order valence-electron chi connectivity index (χ1n) is 8.58. The Balaban J connectivity index is 4.86. The number of hydrogen-bond donors (Lipinski definition) is 2. The van der Waals surface area contributed by atoms with E-state index in [4.69, 9.17) is 5.73 Å².